The van der Waals surface area contributed by atoms with Crippen molar-refractivity contribution in [3.05, 3.63) is 47.3 Å². The number of nitrogens with one attached hydrogen (secondary N) is 1. The number of aliphatic hydroxyl groups excluding tert-OH is 1. The zero-order valence-electron chi connectivity index (χ0n) is 15.9. The molecule has 8 nitrogen and oxygen atoms in total. The number of rotatable bonds is 6. The predicted molar refractivity (Wildman–Crippen MR) is 104 cm³/mol. The van der Waals surface area contributed by atoms with Crippen LogP contribution in [0.3, 0.4) is 0 Å². The minimum absolute atomic E-state index is 0.0523. The number of piperidine rings is 1. The third-order valence-electron chi connectivity index (χ3n) is 5.53. The molecule has 150 valence electrons. The highest BCUT2D eigenvalue weighted by molar-refractivity contribution is 5.94. The Bertz CT molecular complexity index is 851. The Labute approximate surface area is 163 Å². The minimum atomic E-state index is -1.39. The molecule has 1 amide bonds. The van der Waals surface area contributed by atoms with E-state index in [0.29, 0.717) is 18.5 Å². The molecule has 0 spiro atoms. The van der Waals surface area contributed by atoms with E-state index in [1.54, 1.807) is 6.92 Å². The van der Waals surface area contributed by atoms with Gasteiger partial charge in [0, 0.05) is 18.8 Å². The molecule has 1 aliphatic heterocycles. The fourth-order valence-corrected chi connectivity index (χ4v) is 3.91. The van der Waals surface area contributed by atoms with E-state index in [0.717, 1.165) is 5.56 Å². The first kappa shape index (κ1) is 19.9. The first-order valence-corrected chi connectivity index (χ1v) is 9.40. The monoisotopic (exact) mass is 386 g/mol. The summed E-state index contributed by atoms with van der Waals surface area (Å²) >= 11 is 0. The Balaban J connectivity index is 1.76. The number of likely N-dealkylation sites (tertiary alicyclic amines) is 1. The Morgan fingerprint density at radius 2 is 2.07 bits per heavy atom. The SMILES string of the molecule is Cc1[nH]c(N)nc1C(=O)N1CC[C@@H](O)[C@](CCCc2ccccc2)(C(=O)O)C1. The number of carboxylic acid groups (broad SMARTS) is 1. The van der Waals surface area contributed by atoms with Crippen LogP contribution in [0.1, 0.15) is 41.0 Å². The molecule has 0 unspecified atom stereocenters. The highest BCUT2D eigenvalue weighted by Crippen LogP contribution is 2.36. The van der Waals surface area contributed by atoms with Crippen molar-refractivity contribution in [2.24, 2.45) is 5.41 Å². The Kier molecular flexibility index (Phi) is 5.69. The van der Waals surface area contributed by atoms with Crippen LogP contribution in [0.25, 0.3) is 0 Å². The number of benzene rings is 1. The number of nitrogens with zero attached hydrogens (tertiary/aromatic N) is 2. The Morgan fingerprint density at radius 1 is 1.36 bits per heavy atom. The van der Waals surface area contributed by atoms with E-state index >= 15 is 0 Å². The molecule has 1 fully saturated rings. The molecule has 8 heteroatoms. The molecule has 2 atom stereocenters. The number of imidazole rings is 1. The predicted octanol–water partition coefficient (Wildman–Crippen LogP) is 1.60. The number of anilines is 1. The number of hydrogen-bond acceptors (Lipinski definition) is 5. The number of carboxylic acids is 1. The molecule has 2 aromatic rings. The number of aliphatic hydroxyl groups is 1. The maximum absolute atomic E-state index is 12.9. The lowest BCUT2D eigenvalue weighted by molar-refractivity contribution is -0.162. The van der Waals surface area contributed by atoms with Gasteiger partial charge in [0.25, 0.3) is 5.91 Å². The van der Waals surface area contributed by atoms with Crippen LogP contribution in [-0.4, -0.2) is 56.2 Å². The molecule has 2 heterocycles. The fraction of sp³-hybridized carbons (Fsp3) is 0.450. The van der Waals surface area contributed by atoms with Gasteiger partial charge in [-0.25, -0.2) is 4.98 Å². The van der Waals surface area contributed by atoms with Crippen LogP contribution in [-0.2, 0) is 11.2 Å². The van der Waals surface area contributed by atoms with Gasteiger partial charge in [0.1, 0.15) is 5.41 Å². The van der Waals surface area contributed by atoms with Crippen molar-refractivity contribution in [1.82, 2.24) is 14.9 Å². The molecular weight excluding hydrogens is 360 g/mol. The third-order valence-corrected chi connectivity index (χ3v) is 5.53. The number of aliphatic carboxylic acids is 1. The number of aromatic nitrogens is 2. The molecule has 1 aliphatic rings. The second kappa shape index (κ2) is 8.02. The maximum atomic E-state index is 12.9. The summed E-state index contributed by atoms with van der Waals surface area (Å²) in [5.41, 5.74) is 6.08. The maximum Gasteiger partial charge on any atom is 0.314 e. The van der Waals surface area contributed by atoms with Crippen molar-refractivity contribution >= 4 is 17.8 Å². The molecule has 5 N–H and O–H groups in total. The molecule has 0 bridgehead atoms. The topological polar surface area (TPSA) is 133 Å². The quantitative estimate of drug-likeness (QED) is 0.596. The highest BCUT2D eigenvalue weighted by atomic mass is 16.4. The molecule has 0 saturated carbocycles. The summed E-state index contributed by atoms with van der Waals surface area (Å²) in [6.45, 7) is 1.92. The first-order chi connectivity index (χ1) is 13.3. The van der Waals surface area contributed by atoms with Crippen LogP contribution in [0.2, 0.25) is 0 Å². The summed E-state index contributed by atoms with van der Waals surface area (Å²) in [5.74, 6) is -1.31. The molecule has 0 aliphatic carbocycles. The number of H-pyrrole nitrogens is 1. The number of nitrogen functional groups attached to an aromatic ring is 1. The zero-order chi connectivity index (χ0) is 20.3. The lowest BCUT2D eigenvalue weighted by atomic mass is 9.73. The number of carbonyl (C=O) groups is 2. The standard InChI is InChI=1S/C20H26N4O4/c1-13-16(23-19(21)22-13)17(26)24-11-9-15(25)20(12-24,18(27)28)10-5-8-14-6-3-2-4-7-14/h2-4,6-7,15,25H,5,8-12H2,1H3,(H,27,28)(H3,21,22,23)/t15-,20-/m1/s1. The van der Waals surface area contributed by atoms with Crippen LogP contribution in [0.4, 0.5) is 5.95 Å². The summed E-state index contributed by atoms with van der Waals surface area (Å²) in [7, 11) is 0. The van der Waals surface area contributed by atoms with Gasteiger partial charge in [-0.15, -0.1) is 0 Å². The lowest BCUT2D eigenvalue weighted by Crippen LogP contribution is -2.57. The van der Waals surface area contributed by atoms with E-state index < -0.39 is 17.5 Å². The van der Waals surface area contributed by atoms with Gasteiger partial charge in [0.2, 0.25) is 0 Å². The van der Waals surface area contributed by atoms with Gasteiger partial charge in [-0.1, -0.05) is 30.3 Å². The number of hydrogen-bond donors (Lipinski definition) is 4. The first-order valence-electron chi connectivity index (χ1n) is 9.40. The van der Waals surface area contributed by atoms with Gasteiger partial charge in [-0.3, -0.25) is 9.59 Å². The Morgan fingerprint density at radius 3 is 2.68 bits per heavy atom. The molecule has 3 rings (SSSR count). The molecule has 1 aromatic heterocycles. The van der Waals surface area contributed by atoms with Gasteiger partial charge in [-0.2, -0.15) is 0 Å². The summed E-state index contributed by atoms with van der Waals surface area (Å²) in [6.07, 6.45) is 0.803. The van der Waals surface area contributed by atoms with Gasteiger partial charge in [0.15, 0.2) is 11.6 Å². The van der Waals surface area contributed by atoms with Crippen molar-refractivity contribution in [3.63, 3.8) is 0 Å². The van der Waals surface area contributed by atoms with Crippen molar-refractivity contribution < 1.29 is 19.8 Å². The molecule has 28 heavy (non-hydrogen) atoms. The van der Waals surface area contributed by atoms with Gasteiger partial charge >= 0.3 is 5.97 Å². The minimum Gasteiger partial charge on any atom is -0.481 e. The Hall–Kier alpha value is -2.87. The number of aromatic amines is 1. The number of carbonyl (C=O) groups excluding carboxylic acids is 1. The fourth-order valence-electron chi connectivity index (χ4n) is 3.91. The zero-order valence-corrected chi connectivity index (χ0v) is 15.9. The van der Waals surface area contributed by atoms with Crippen LogP contribution < -0.4 is 5.73 Å². The van der Waals surface area contributed by atoms with Crippen LogP contribution in [0, 0.1) is 12.3 Å². The second-order valence-corrected chi connectivity index (χ2v) is 7.43. The van der Waals surface area contributed by atoms with E-state index in [4.69, 9.17) is 5.73 Å². The smallest absolute Gasteiger partial charge is 0.314 e. The lowest BCUT2D eigenvalue weighted by Gasteiger charge is -2.43. The van der Waals surface area contributed by atoms with Crippen LogP contribution in [0.15, 0.2) is 30.3 Å². The van der Waals surface area contributed by atoms with Crippen molar-refractivity contribution in [3.8, 4) is 0 Å². The number of nitrogens with two attached hydrogens (primary N) is 1. The average Bonchev–Trinajstić information content (AvgIpc) is 3.01. The summed E-state index contributed by atoms with van der Waals surface area (Å²) < 4.78 is 0. The molecule has 0 radical (unpaired) electrons. The molecule has 1 aromatic carbocycles. The van der Waals surface area contributed by atoms with E-state index in [9.17, 15) is 19.8 Å². The van der Waals surface area contributed by atoms with Gasteiger partial charge < -0.3 is 25.8 Å². The molecular formula is C20H26N4O4. The van der Waals surface area contributed by atoms with Crippen LogP contribution in [0.5, 0.6) is 0 Å². The summed E-state index contributed by atoms with van der Waals surface area (Å²) in [5, 5.41) is 20.5. The number of aryl methyl sites for hydroxylation is 2. The molecule has 1 saturated heterocycles. The van der Waals surface area contributed by atoms with Crippen molar-refractivity contribution in [1.29, 1.82) is 0 Å². The average molecular weight is 386 g/mol. The summed E-state index contributed by atoms with van der Waals surface area (Å²) in [4.78, 5) is 33.3. The normalized spacial score (nSPS) is 22.2. The third kappa shape index (κ3) is 3.87. The van der Waals surface area contributed by atoms with Gasteiger partial charge in [0.05, 0.1) is 6.10 Å². The van der Waals surface area contributed by atoms with E-state index in [1.807, 2.05) is 30.3 Å². The highest BCUT2D eigenvalue weighted by Gasteiger charge is 2.50. The summed E-state index contributed by atoms with van der Waals surface area (Å²) in [6, 6.07) is 9.79. The van der Waals surface area contributed by atoms with Crippen molar-refractivity contribution in [2.45, 2.75) is 38.7 Å². The van der Waals surface area contributed by atoms with E-state index in [2.05, 4.69) is 9.97 Å². The number of amides is 1. The van der Waals surface area contributed by atoms with Crippen LogP contribution >= 0.6 is 0 Å². The largest absolute Gasteiger partial charge is 0.481 e. The van der Waals surface area contributed by atoms with Gasteiger partial charge in [-0.05, 0) is 38.2 Å². The van der Waals surface area contributed by atoms with E-state index in [-0.39, 0.29) is 43.5 Å². The van der Waals surface area contributed by atoms with E-state index in [1.165, 1.54) is 4.90 Å². The van der Waals surface area contributed by atoms with Crippen molar-refractivity contribution in [2.75, 3.05) is 18.8 Å². The second-order valence-electron chi connectivity index (χ2n) is 7.43.